The zero-order valence-corrected chi connectivity index (χ0v) is 17.1. The highest BCUT2D eigenvalue weighted by molar-refractivity contribution is 6.07. The molecule has 0 saturated carbocycles. The van der Waals surface area contributed by atoms with Crippen molar-refractivity contribution in [1.29, 1.82) is 0 Å². The van der Waals surface area contributed by atoms with E-state index in [0.29, 0.717) is 25.4 Å². The minimum Gasteiger partial charge on any atom is -0.305 e. The van der Waals surface area contributed by atoms with E-state index in [-0.39, 0.29) is 18.5 Å². The molecule has 2 aliphatic heterocycles. The van der Waals surface area contributed by atoms with Crippen molar-refractivity contribution in [3.63, 3.8) is 0 Å². The number of hydrogen-bond acceptors (Lipinski definition) is 4. The quantitative estimate of drug-likeness (QED) is 0.733. The number of aromatic nitrogens is 1. The smallest absolute Gasteiger partial charge is 0.305 e. The summed E-state index contributed by atoms with van der Waals surface area (Å²) in [6.45, 7) is 6.66. The molecule has 6 nitrogen and oxygen atoms in total. The van der Waals surface area contributed by atoms with Crippen LogP contribution in [0.25, 0.3) is 0 Å². The number of carbonyl (C=O) groups excluding carboxylic acids is 2. The Morgan fingerprint density at radius 2 is 1.66 bits per heavy atom. The van der Waals surface area contributed by atoms with Crippen LogP contribution in [0.2, 0.25) is 0 Å². The van der Waals surface area contributed by atoms with E-state index in [2.05, 4.69) is 23.7 Å². The molecule has 29 heavy (non-hydrogen) atoms. The van der Waals surface area contributed by atoms with E-state index in [1.54, 1.807) is 6.20 Å². The van der Waals surface area contributed by atoms with Crippen molar-refractivity contribution in [2.75, 3.05) is 13.1 Å². The van der Waals surface area contributed by atoms with Gasteiger partial charge < -0.3 is 9.80 Å². The summed E-state index contributed by atoms with van der Waals surface area (Å²) in [5.74, 6) is -0.0764. The summed E-state index contributed by atoms with van der Waals surface area (Å²) in [5.41, 5.74) is 1.01. The number of nitrogens with zero attached hydrogens (tertiary/aromatic N) is 4. The van der Waals surface area contributed by atoms with Crippen molar-refractivity contribution >= 4 is 11.9 Å². The number of amides is 3. The maximum absolute atomic E-state index is 13.6. The van der Waals surface area contributed by atoms with Gasteiger partial charge in [0.1, 0.15) is 5.54 Å². The van der Waals surface area contributed by atoms with Crippen LogP contribution in [0.15, 0.2) is 54.7 Å². The lowest BCUT2D eigenvalue weighted by Crippen LogP contribution is -2.57. The third-order valence-corrected chi connectivity index (χ3v) is 6.21. The van der Waals surface area contributed by atoms with Crippen LogP contribution in [0.3, 0.4) is 0 Å². The molecule has 152 valence electrons. The normalized spacial score (nSPS) is 19.6. The Bertz CT molecular complexity index is 861. The first-order valence-corrected chi connectivity index (χ1v) is 10.3. The number of hydrogen-bond donors (Lipinski definition) is 0. The molecule has 0 unspecified atom stereocenters. The van der Waals surface area contributed by atoms with Gasteiger partial charge in [0.2, 0.25) is 0 Å². The standard InChI is InChI=1S/C23H28N4O2/c1-18(2)25-14-11-23(12-15-25)21(28)26(17-20-10-6-7-13-24-20)22(29)27(23)16-19-8-4-3-5-9-19/h3-10,13,18H,11-12,14-17H2,1-2H3. The number of rotatable bonds is 5. The lowest BCUT2D eigenvalue weighted by Gasteiger charge is -2.43. The SMILES string of the molecule is CC(C)N1CCC2(CC1)C(=O)N(Cc1ccccn1)C(=O)N2Cc1ccccc1. The van der Waals surface area contributed by atoms with E-state index in [1.165, 1.54) is 4.90 Å². The third kappa shape index (κ3) is 3.65. The lowest BCUT2D eigenvalue weighted by atomic mass is 9.85. The molecule has 0 radical (unpaired) electrons. The van der Waals surface area contributed by atoms with Gasteiger partial charge in [0.25, 0.3) is 5.91 Å². The molecule has 0 aliphatic carbocycles. The Morgan fingerprint density at radius 3 is 2.28 bits per heavy atom. The highest BCUT2D eigenvalue weighted by Gasteiger charge is 2.57. The molecular formula is C23H28N4O2. The van der Waals surface area contributed by atoms with Crippen LogP contribution < -0.4 is 0 Å². The van der Waals surface area contributed by atoms with Gasteiger partial charge in [-0.3, -0.25) is 14.7 Å². The number of imide groups is 1. The van der Waals surface area contributed by atoms with Gasteiger partial charge in [0.05, 0.1) is 12.2 Å². The average molecular weight is 393 g/mol. The minimum atomic E-state index is -0.757. The van der Waals surface area contributed by atoms with Crippen molar-refractivity contribution < 1.29 is 9.59 Å². The van der Waals surface area contributed by atoms with Crippen LogP contribution in [0, 0.1) is 0 Å². The minimum absolute atomic E-state index is 0.0764. The number of piperidine rings is 1. The molecule has 0 bridgehead atoms. The Labute approximate surface area is 172 Å². The van der Waals surface area contributed by atoms with Crippen molar-refractivity contribution in [2.45, 2.75) is 51.4 Å². The summed E-state index contributed by atoms with van der Waals surface area (Å²) in [7, 11) is 0. The first-order valence-electron chi connectivity index (χ1n) is 10.3. The maximum atomic E-state index is 13.6. The van der Waals surface area contributed by atoms with E-state index in [9.17, 15) is 9.59 Å². The van der Waals surface area contributed by atoms with Crippen LogP contribution in [0.1, 0.15) is 37.9 Å². The van der Waals surface area contributed by atoms with Crippen LogP contribution in [0.4, 0.5) is 4.79 Å². The summed E-state index contributed by atoms with van der Waals surface area (Å²) in [6.07, 6.45) is 3.03. The van der Waals surface area contributed by atoms with E-state index in [1.807, 2.05) is 53.4 Å². The summed E-state index contributed by atoms with van der Waals surface area (Å²) < 4.78 is 0. The number of carbonyl (C=O) groups is 2. The van der Waals surface area contributed by atoms with Gasteiger partial charge in [-0.25, -0.2) is 4.79 Å². The molecule has 2 aliphatic rings. The molecule has 0 N–H and O–H groups in total. The molecule has 2 aromatic rings. The van der Waals surface area contributed by atoms with Gasteiger partial charge in [-0.15, -0.1) is 0 Å². The van der Waals surface area contributed by atoms with Gasteiger partial charge in [-0.05, 0) is 44.4 Å². The Hall–Kier alpha value is -2.73. The highest BCUT2D eigenvalue weighted by atomic mass is 16.2. The zero-order valence-electron chi connectivity index (χ0n) is 17.1. The highest BCUT2D eigenvalue weighted by Crippen LogP contribution is 2.39. The molecule has 3 amide bonds. The number of likely N-dealkylation sites (tertiary alicyclic amines) is 1. The van der Waals surface area contributed by atoms with Crippen LogP contribution in [-0.2, 0) is 17.9 Å². The number of urea groups is 1. The average Bonchev–Trinajstić information content (AvgIpc) is 2.92. The van der Waals surface area contributed by atoms with Gasteiger partial charge in [0, 0.05) is 31.9 Å². The molecule has 1 aromatic heterocycles. The van der Waals surface area contributed by atoms with Gasteiger partial charge in [0.15, 0.2) is 0 Å². The summed E-state index contributed by atoms with van der Waals surface area (Å²) in [5, 5.41) is 0. The van der Waals surface area contributed by atoms with Crippen molar-refractivity contribution in [2.24, 2.45) is 0 Å². The maximum Gasteiger partial charge on any atom is 0.328 e. The van der Waals surface area contributed by atoms with Crippen LogP contribution in [0.5, 0.6) is 0 Å². The van der Waals surface area contributed by atoms with Crippen molar-refractivity contribution in [1.82, 2.24) is 19.7 Å². The Kier molecular flexibility index (Phi) is 5.37. The van der Waals surface area contributed by atoms with E-state index in [4.69, 9.17) is 0 Å². The van der Waals surface area contributed by atoms with E-state index >= 15 is 0 Å². The molecule has 0 atom stereocenters. The molecule has 2 saturated heterocycles. The molecule has 6 heteroatoms. The van der Waals surface area contributed by atoms with Gasteiger partial charge >= 0.3 is 6.03 Å². The summed E-state index contributed by atoms with van der Waals surface area (Å²) in [4.78, 5) is 36.9. The Morgan fingerprint density at radius 1 is 0.966 bits per heavy atom. The third-order valence-electron chi connectivity index (χ3n) is 6.21. The molecule has 2 fully saturated rings. The second kappa shape index (κ2) is 7.95. The monoisotopic (exact) mass is 392 g/mol. The van der Waals surface area contributed by atoms with Crippen LogP contribution in [-0.4, -0.2) is 56.3 Å². The number of benzene rings is 1. The predicted octanol–water partition coefficient (Wildman–Crippen LogP) is 3.29. The molecule has 3 heterocycles. The van der Waals surface area contributed by atoms with Gasteiger partial charge in [-0.1, -0.05) is 36.4 Å². The fourth-order valence-electron chi connectivity index (χ4n) is 4.45. The topological polar surface area (TPSA) is 56.8 Å². The fraction of sp³-hybridized carbons (Fsp3) is 0.435. The largest absolute Gasteiger partial charge is 0.328 e. The molecule has 4 rings (SSSR count). The first kappa shape index (κ1) is 19.6. The van der Waals surface area contributed by atoms with E-state index in [0.717, 1.165) is 24.3 Å². The molecule has 1 spiro atoms. The van der Waals surface area contributed by atoms with Crippen LogP contribution >= 0.6 is 0 Å². The second-order valence-corrected chi connectivity index (χ2v) is 8.23. The lowest BCUT2D eigenvalue weighted by molar-refractivity contribution is -0.136. The fourth-order valence-corrected chi connectivity index (χ4v) is 4.45. The Balaban J connectivity index is 1.64. The first-order chi connectivity index (χ1) is 14.0. The molecular weight excluding hydrogens is 364 g/mol. The van der Waals surface area contributed by atoms with E-state index < -0.39 is 5.54 Å². The summed E-state index contributed by atoms with van der Waals surface area (Å²) >= 11 is 0. The molecule has 1 aromatic carbocycles. The second-order valence-electron chi connectivity index (χ2n) is 8.23. The predicted molar refractivity (Wildman–Crippen MR) is 111 cm³/mol. The van der Waals surface area contributed by atoms with Crippen molar-refractivity contribution in [3.8, 4) is 0 Å². The van der Waals surface area contributed by atoms with Gasteiger partial charge in [-0.2, -0.15) is 0 Å². The summed E-state index contributed by atoms with van der Waals surface area (Å²) in [6, 6.07) is 15.7. The zero-order chi connectivity index (χ0) is 20.4. The number of pyridine rings is 1. The van der Waals surface area contributed by atoms with Crippen molar-refractivity contribution in [3.05, 3.63) is 66.0 Å².